The van der Waals surface area contributed by atoms with Crippen LogP contribution in [0.3, 0.4) is 0 Å². The number of nitrogens with one attached hydrogen (secondary N) is 1. The molecule has 5 rings (SSSR count). The molecule has 0 spiro atoms. The number of rotatable bonds is 7. The standard InChI is InChI=1S/C25H27F3N2O4S/c1-2-35(33,34)29-23-19-13-20(19)30(24(31)25(32)7-4-8-25)21(23)11-14-5-3-6-18(22(14)28)15-9-16(26)12-17(27)10-15/h3,5-6,9-10,12,19-21,23,29,32H,2,4,7-8,11,13H2,1H3/t19-,20+,21+,23+/m0/s1/i13D2. The van der Waals surface area contributed by atoms with E-state index in [1.165, 1.54) is 30.0 Å². The van der Waals surface area contributed by atoms with Gasteiger partial charge in [-0.05, 0) is 68.2 Å². The van der Waals surface area contributed by atoms with Crippen molar-refractivity contribution in [1.82, 2.24) is 9.62 Å². The second kappa shape index (κ2) is 8.60. The van der Waals surface area contributed by atoms with Crippen molar-refractivity contribution in [3.05, 3.63) is 59.4 Å². The lowest BCUT2D eigenvalue weighted by molar-refractivity contribution is -0.162. The summed E-state index contributed by atoms with van der Waals surface area (Å²) in [5, 5.41) is 10.8. The molecule has 4 atom stereocenters. The van der Waals surface area contributed by atoms with Crippen LogP contribution in [0.2, 0.25) is 0 Å². The molecule has 35 heavy (non-hydrogen) atoms. The van der Waals surface area contributed by atoms with Crippen molar-refractivity contribution in [3.8, 4) is 11.1 Å². The first kappa shape index (κ1) is 21.8. The fourth-order valence-electron chi connectivity index (χ4n) is 5.12. The second-order valence-electron chi connectivity index (χ2n) is 9.49. The Morgan fingerprint density at radius 1 is 1.23 bits per heavy atom. The van der Waals surface area contributed by atoms with E-state index in [9.17, 15) is 27.1 Å². The summed E-state index contributed by atoms with van der Waals surface area (Å²) in [5.41, 5.74) is -1.70. The lowest BCUT2D eigenvalue weighted by Crippen LogP contribution is -2.59. The maximum absolute atomic E-state index is 15.7. The summed E-state index contributed by atoms with van der Waals surface area (Å²) < 4.78 is 87.6. The van der Waals surface area contributed by atoms with Crippen molar-refractivity contribution in [1.29, 1.82) is 0 Å². The van der Waals surface area contributed by atoms with Crippen LogP contribution >= 0.6 is 0 Å². The number of amides is 1. The highest BCUT2D eigenvalue weighted by molar-refractivity contribution is 7.89. The number of hydrogen-bond donors (Lipinski definition) is 2. The summed E-state index contributed by atoms with van der Waals surface area (Å²) >= 11 is 0. The van der Waals surface area contributed by atoms with Gasteiger partial charge < -0.3 is 10.0 Å². The minimum atomic E-state index is -3.83. The molecule has 2 N–H and O–H groups in total. The fourth-order valence-corrected chi connectivity index (χ4v) is 6.00. The van der Waals surface area contributed by atoms with E-state index in [2.05, 4.69) is 4.72 Å². The van der Waals surface area contributed by atoms with Crippen LogP contribution < -0.4 is 4.72 Å². The van der Waals surface area contributed by atoms with Crippen LogP contribution in [0.5, 0.6) is 0 Å². The van der Waals surface area contributed by atoms with Crippen LogP contribution in [-0.2, 0) is 21.2 Å². The van der Waals surface area contributed by atoms with Crippen LogP contribution in [-0.4, -0.2) is 53.8 Å². The minimum absolute atomic E-state index is 0.0256. The predicted molar refractivity (Wildman–Crippen MR) is 123 cm³/mol. The van der Waals surface area contributed by atoms with E-state index >= 15 is 4.39 Å². The van der Waals surface area contributed by atoms with Gasteiger partial charge in [0.05, 0.1) is 11.8 Å². The summed E-state index contributed by atoms with van der Waals surface area (Å²) in [6, 6.07) is 3.93. The number of likely N-dealkylation sites (tertiary alicyclic amines) is 1. The lowest BCUT2D eigenvalue weighted by atomic mass is 9.78. The summed E-state index contributed by atoms with van der Waals surface area (Å²) in [7, 11) is -3.83. The van der Waals surface area contributed by atoms with Gasteiger partial charge in [-0.1, -0.05) is 18.2 Å². The highest BCUT2D eigenvalue weighted by Gasteiger charge is 2.63. The molecule has 1 amide bonds. The van der Waals surface area contributed by atoms with E-state index in [4.69, 9.17) is 2.74 Å². The third-order valence-corrected chi connectivity index (χ3v) is 8.63. The second-order valence-corrected chi connectivity index (χ2v) is 11.5. The molecule has 0 bridgehead atoms. The Bertz CT molecular complexity index is 1350. The number of fused-ring (bicyclic) bond motifs is 1. The number of carbonyl (C=O) groups is 1. The molecule has 0 unspecified atom stereocenters. The monoisotopic (exact) mass is 510 g/mol. The molecule has 1 heterocycles. The van der Waals surface area contributed by atoms with Crippen molar-refractivity contribution in [2.24, 2.45) is 5.92 Å². The van der Waals surface area contributed by atoms with Crippen LogP contribution in [0.25, 0.3) is 11.1 Å². The van der Waals surface area contributed by atoms with Crippen molar-refractivity contribution in [2.45, 2.75) is 62.7 Å². The first-order valence-corrected chi connectivity index (χ1v) is 13.2. The van der Waals surface area contributed by atoms with Crippen LogP contribution in [0.4, 0.5) is 13.2 Å². The number of benzene rings is 2. The van der Waals surface area contributed by atoms with Crippen molar-refractivity contribution < 1.29 is 34.2 Å². The Morgan fingerprint density at radius 3 is 2.51 bits per heavy atom. The molecule has 0 aromatic heterocycles. The van der Waals surface area contributed by atoms with Crippen LogP contribution in [0.1, 0.15) is 40.9 Å². The van der Waals surface area contributed by atoms with Crippen molar-refractivity contribution in [3.63, 3.8) is 0 Å². The molecular weight excluding hydrogens is 481 g/mol. The van der Waals surface area contributed by atoms with Gasteiger partial charge in [0.25, 0.3) is 5.91 Å². The molecule has 0 radical (unpaired) electrons. The fraction of sp³-hybridized carbons (Fsp3) is 0.480. The van der Waals surface area contributed by atoms with Crippen LogP contribution in [0, 0.1) is 23.4 Å². The number of piperidine rings is 1. The number of carbonyl (C=O) groups excluding carboxylic acids is 1. The molecule has 10 heteroatoms. The van der Waals surface area contributed by atoms with Gasteiger partial charge in [-0.2, -0.15) is 0 Å². The largest absolute Gasteiger partial charge is 0.380 e. The smallest absolute Gasteiger partial charge is 0.255 e. The number of aliphatic hydroxyl groups is 1. The van der Waals surface area contributed by atoms with Gasteiger partial charge in [-0.25, -0.2) is 26.3 Å². The summed E-state index contributed by atoms with van der Waals surface area (Å²) in [6.07, 6.45) is -1.05. The molecule has 3 fully saturated rings. The normalized spacial score (nSPS) is 29.1. The minimum Gasteiger partial charge on any atom is -0.380 e. The summed E-state index contributed by atoms with van der Waals surface area (Å²) in [5.74, 6) is -4.38. The Hall–Kier alpha value is -2.43. The first-order valence-electron chi connectivity index (χ1n) is 12.6. The molecular formula is C25H27F3N2O4S. The Labute approximate surface area is 205 Å². The van der Waals surface area contributed by atoms with Gasteiger partial charge in [-0.15, -0.1) is 0 Å². The topological polar surface area (TPSA) is 86.7 Å². The van der Waals surface area contributed by atoms with E-state index in [1.54, 1.807) is 0 Å². The van der Waals surface area contributed by atoms with E-state index in [0.717, 1.165) is 12.1 Å². The molecule has 2 aromatic carbocycles. The van der Waals surface area contributed by atoms with E-state index in [-0.39, 0.29) is 41.7 Å². The Balaban J connectivity index is 1.55. The third kappa shape index (κ3) is 4.36. The molecule has 1 aliphatic heterocycles. The Morgan fingerprint density at radius 2 is 1.91 bits per heavy atom. The molecule has 2 aliphatic carbocycles. The van der Waals surface area contributed by atoms with E-state index in [1.807, 2.05) is 0 Å². The van der Waals surface area contributed by atoms with E-state index < -0.39 is 69.4 Å². The molecule has 6 nitrogen and oxygen atoms in total. The number of hydrogen-bond acceptors (Lipinski definition) is 4. The first-order chi connectivity index (χ1) is 17.3. The maximum Gasteiger partial charge on any atom is 0.255 e. The zero-order valence-electron chi connectivity index (χ0n) is 21.0. The predicted octanol–water partition coefficient (Wildman–Crippen LogP) is 3.14. The third-order valence-electron chi connectivity index (χ3n) is 7.24. The Kier molecular flexibility index (Phi) is 5.36. The quantitative estimate of drug-likeness (QED) is 0.599. The molecule has 1 saturated heterocycles. The van der Waals surface area contributed by atoms with E-state index in [0.29, 0.717) is 12.5 Å². The van der Waals surface area contributed by atoms with Crippen molar-refractivity contribution >= 4 is 15.9 Å². The number of sulfonamides is 1. The molecule has 2 saturated carbocycles. The van der Waals surface area contributed by atoms with Gasteiger partial charge in [0, 0.05) is 26.5 Å². The van der Waals surface area contributed by atoms with Crippen molar-refractivity contribution in [2.75, 3.05) is 5.75 Å². The summed E-state index contributed by atoms with van der Waals surface area (Å²) in [4.78, 5) is 14.7. The number of halogens is 3. The van der Waals surface area contributed by atoms with Gasteiger partial charge in [-0.3, -0.25) is 4.79 Å². The highest BCUT2D eigenvalue weighted by atomic mass is 32.2. The van der Waals surface area contributed by atoms with Gasteiger partial charge in [0.15, 0.2) is 0 Å². The zero-order chi connectivity index (χ0) is 26.9. The van der Waals surface area contributed by atoms with Crippen LogP contribution in [0.15, 0.2) is 36.4 Å². The summed E-state index contributed by atoms with van der Waals surface area (Å²) in [6.45, 7) is 1.42. The van der Waals surface area contributed by atoms with Gasteiger partial charge >= 0.3 is 0 Å². The maximum atomic E-state index is 15.7. The molecule has 188 valence electrons. The lowest BCUT2D eigenvalue weighted by Gasteiger charge is -2.42. The number of nitrogens with zero attached hydrogens (tertiary/aromatic N) is 1. The zero-order valence-corrected chi connectivity index (χ0v) is 19.8. The van der Waals surface area contributed by atoms with Gasteiger partial charge in [0.1, 0.15) is 23.1 Å². The van der Waals surface area contributed by atoms with Gasteiger partial charge in [0.2, 0.25) is 10.0 Å². The molecule has 3 aliphatic rings. The highest BCUT2D eigenvalue weighted by Crippen LogP contribution is 2.51. The molecule has 2 aromatic rings. The SMILES string of the molecule is [2H]C1([2H])[C@@H]2[C@@H](NS(=O)(=O)CC)[C@@H](Cc3cccc(-c4cc(F)cc(F)c4)c3F)N(C(=O)C3(O)CCC3)[C@@H]21. The average molecular weight is 511 g/mol. The average Bonchev–Trinajstić information content (AvgIpc) is 3.19.